The molecule has 0 aliphatic carbocycles. The zero-order valence-corrected chi connectivity index (χ0v) is 15.6. The molecule has 26 heavy (non-hydrogen) atoms. The highest BCUT2D eigenvalue weighted by atomic mass is 16.5. The number of rotatable bonds is 4. The van der Waals surface area contributed by atoms with Crippen molar-refractivity contribution < 1.29 is 9.53 Å². The van der Waals surface area contributed by atoms with Gasteiger partial charge in [-0.2, -0.15) is 5.10 Å². The first-order valence-corrected chi connectivity index (χ1v) is 9.10. The summed E-state index contributed by atoms with van der Waals surface area (Å²) in [5.41, 5.74) is 0.323. The van der Waals surface area contributed by atoms with Gasteiger partial charge in [0, 0.05) is 51.5 Å². The van der Waals surface area contributed by atoms with Crippen molar-refractivity contribution in [1.82, 2.24) is 24.8 Å². The SMILES string of the molecule is COC1CN(C)C(C)(C(=O)NC2CCN(c3ccn4nccc4n3)C2)C1. The molecule has 3 atom stereocenters. The van der Waals surface area contributed by atoms with Crippen molar-refractivity contribution >= 4 is 17.4 Å². The predicted octanol–water partition coefficient (Wildman–Crippen LogP) is 0.533. The molecular formula is C18H26N6O2. The Morgan fingerprint density at radius 2 is 2.23 bits per heavy atom. The lowest BCUT2D eigenvalue weighted by molar-refractivity contribution is -0.131. The van der Waals surface area contributed by atoms with E-state index in [1.165, 1.54) is 0 Å². The van der Waals surface area contributed by atoms with Crippen molar-refractivity contribution in [2.24, 2.45) is 0 Å². The molecule has 1 amide bonds. The molecule has 4 heterocycles. The van der Waals surface area contributed by atoms with Crippen LogP contribution in [0.5, 0.6) is 0 Å². The molecule has 2 aliphatic heterocycles. The van der Waals surface area contributed by atoms with Crippen LogP contribution in [0.4, 0.5) is 5.82 Å². The van der Waals surface area contributed by atoms with E-state index in [1.807, 2.05) is 32.3 Å². The van der Waals surface area contributed by atoms with Crippen LogP contribution in [-0.2, 0) is 9.53 Å². The van der Waals surface area contributed by atoms with Gasteiger partial charge in [0.2, 0.25) is 5.91 Å². The lowest BCUT2D eigenvalue weighted by Crippen LogP contribution is -2.54. The maximum absolute atomic E-state index is 12.9. The molecule has 3 unspecified atom stereocenters. The minimum absolute atomic E-state index is 0.0885. The Kier molecular flexibility index (Phi) is 4.32. The molecule has 2 saturated heterocycles. The van der Waals surface area contributed by atoms with Gasteiger partial charge in [-0.05, 0) is 26.5 Å². The molecule has 2 aliphatic rings. The summed E-state index contributed by atoms with van der Waals surface area (Å²) in [7, 11) is 3.70. The topological polar surface area (TPSA) is 75.0 Å². The van der Waals surface area contributed by atoms with Gasteiger partial charge in [-0.3, -0.25) is 9.69 Å². The van der Waals surface area contributed by atoms with Crippen LogP contribution in [0.3, 0.4) is 0 Å². The Bertz CT molecular complexity index is 808. The number of ether oxygens (including phenoxy) is 1. The molecule has 8 nitrogen and oxygen atoms in total. The van der Waals surface area contributed by atoms with Crippen LogP contribution >= 0.6 is 0 Å². The minimum Gasteiger partial charge on any atom is -0.380 e. The number of anilines is 1. The van der Waals surface area contributed by atoms with Crippen molar-refractivity contribution in [3.05, 3.63) is 24.5 Å². The third kappa shape index (κ3) is 2.93. The molecule has 2 aromatic rings. The summed E-state index contributed by atoms with van der Waals surface area (Å²) >= 11 is 0. The van der Waals surface area contributed by atoms with E-state index in [0.29, 0.717) is 0 Å². The number of carbonyl (C=O) groups excluding carboxylic acids is 1. The standard InChI is InChI=1S/C18H26N6O2/c1-18(10-14(26-3)12-22(18)2)17(25)20-13-5-8-23(11-13)15-6-9-24-16(21-15)4-7-19-24/h4,6-7,9,13-14H,5,8,10-12H2,1-3H3,(H,20,25). The molecule has 4 rings (SSSR count). The van der Waals surface area contributed by atoms with Crippen LogP contribution in [0.1, 0.15) is 19.8 Å². The highest BCUT2D eigenvalue weighted by molar-refractivity contribution is 5.86. The number of likely N-dealkylation sites (tertiary alicyclic amines) is 1. The third-order valence-electron chi connectivity index (χ3n) is 5.86. The first-order chi connectivity index (χ1) is 12.5. The van der Waals surface area contributed by atoms with Crippen molar-refractivity contribution in [3.8, 4) is 0 Å². The molecule has 8 heteroatoms. The van der Waals surface area contributed by atoms with Crippen LogP contribution in [0.25, 0.3) is 5.65 Å². The second kappa shape index (κ2) is 6.51. The number of amides is 1. The summed E-state index contributed by atoms with van der Waals surface area (Å²) in [5, 5.41) is 7.42. The van der Waals surface area contributed by atoms with E-state index in [4.69, 9.17) is 4.74 Å². The van der Waals surface area contributed by atoms with Gasteiger partial charge in [-0.15, -0.1) is 0 Å². The van der Waals surface area contributed by atoms with E-state index in [-0.39, 0.29) is 18.1 Å². The zero-order valence-electron chi connectivity index (χ0n) is 15.6. The van der Waals surface area contributed by atoms with Crippen LogP contribution in [0, 0.1) is 0 Å². The number of hydrogen-bond acceptors (Lipinski definition) is 6. The normalized spacial score (nSPS) is 29.6. The fourth-order valence-electron chi connectivity index (χ4n) is 4.00. The molecule has 0 radical (unpaired) electrons. The molecule has 0 aromatic carbocycles. The Balaban J connectivity index is 1.40. The second-order valence-corrected chi connectivity index (χ2v) is 7.54. The van der Waals surface area contributed by atoms with Gasteiger partial charge in [-0.25, -0.2) is 9.50 Å². The Morgan fingerprint density at radius 1 is 1.38 bits per heavy atom. The van der Waals surface area contributed by atoms with Gasteiger partial charge >= 0.3 is 0 Å². The second-order valence-electron chi connectivity index (χ2n) is 7.54. The number of carbonyl (C=O) groups is 1. The van der Waals surface area contributed by atoms with E-state index in [0.717, 1.165) is 43.9 Å². The molecule has 2 fully saturated rings. The minimum atomic E-state index is -0.511. The number of hydrogen-bond donors (Lipinski definition) is 1. The van der Waals surface area contributed by atoms with E-state index in [2.05, 4.69) is 25.2 Å². The maximum atomic E-state index is 12.9. The average Bonchev–Trinajstić information content (AvgIpc) is 3.34. The summed E-state index contributed by atoms with van der Waals surface area (Å²) in [5.74, 6) is 1.02. The van der Waals surface area contributed by atoms with Gasteiger partial charge in [0.15, 0.2) is 5.65 Å². The molecule has 0 spiro atoms. The Morgan fingerprint density at radius 3 is 3.00 bits per heavy atom. The fourth-order valence-corrected chi connectivity index (χ4v) is 4.00. The largest absolute Gasteiger partial charge is 0.380 e. The van der Waals surface area contributed by atoms with Crippen LogP contribution in [-0.4, -0.2) is 76.9 Å². The van der Waals surface area contributed by atoms with Crippen molar-refractivity contribution in [2.75, 3.05) is 38.7 Å². The lowest BCUT2D eigenvalue weighted by Gasteiger charge is -2.31. The van der Waals surface area contributed by atoms with Gasteiger partial charge in [0.1, 0.15) is 5.82 Å². The van der Waals surface area contributed by atoms with E-state index >= 15 is 0 Å². The van der Waals surface area contributed by atoms with Gasteiger partial charge < -0.3 is 15.0 Å². The van der Waals surface area contributed by atoms with Gasteiger partial charge in [0.25, 0.3) is 0 Å². The predicted molar refractivity (Wildman–Crippen MR) is 98.2 cm³/mol. The van der Waals surface area contributed by atoms with Crippen molar-refractivity contribution in [1.29, 1.82) is 0 Å². The number of nitrogens with zero attached hydrogens (tertiary/aromatic N) is 5. The molecule has 0 saturated carbocycles. The van der Waals surface area contributed by atoms with E-state index < -0.39 is 5.54 Å². The first kappa shape index (κ1) is 17.2. The van der Waals surface area contributed by atoms with Crippen molar-refractivity contribution in [3.63, 3.8) is 0 Å². The molecule has 1 N–H and O–H groups in total. The van der Waals surface area contributed by atoms with Crippen LogP contribution in [0.15, 0.2) is 24.5 Å². The van der Waals surface area contributed by atoms with Crippen LogP contribution in [0.2, 0.25) is 0 Å². The Hall–Kier alpha value is -2.19. The zero-order chi connectivity index (χ0) is 18.3. The lowest BCUT2D eigenvalue weighted by atomic mass is 9.96. The summed E-state index contributed by atoms with van der Waals surface area (Å²) in [6, 6.07) is 4.00. The van der Waals surface area contributed by atoms with Gasteiger partial charge in [-0.1, -0.05) is 0 Å². The molecular weight excluding hydrogens is 332 g/mol. The quantitative estimate of drug-likeness (QED) is 0.860. The highest BCUT2D eigenvalue weighted by Crippen LogP contribution is 2.30. The highest BCUT2D eigenvalue weighted by Gasteiger charge is 2.46. The van der Waals surface area contributed by atoms with Crippen LogP contribution < -0.4 is 10.2 Å². The van der Waals surface area contributed by atoms with E-state index in [9.17, 15) is 4.79 Å². The Labute approximate surface area is 153 Å². The van der Waals surface area contributed by atoms with E-state index in [1.54, 1.807) is 17.8 Å². The summed E-state index contributed by atoms with van der Waals surface area (Å²) in [6.07, 6.45) is 5.42. The summed E-state index contributed by atoms with van der Waals surface area (Å²) < 4.78 is 7.21. The summed E-state index contributed by atoms with van der Waals surface area (Å²) in [4.78, 5) is 21.9. The average molecular weight is 358 g/mol. The maximum Gasteiger partial charge on any atom is 0.240 e. The fraction of sp³-hybridized carbons (Fsp3) is 0.611. The molecule has 0 bridgehead atoms. The number of nitrogens with one attached hydrogen (secondary N) is 1. The van der Waals surface area contributed by atoms with Crippen molar-refractivity contribution in [2.45, 2.75) is 37.5 Å². The molecule has 140 valence electrons. The monoisotopic (exact) mass is 358 g/mol. The number of likely N-dealkylation sites (N-methyl/N-ethyl adjacent to an activating group) is 1. The smallest absolute Gasteiger partial charge is 0.240 e. The number of aromatic nitrogens is 3. The first-order valence-electron chi connectivity index (χ1n) is 9.10. The third-order valence-corrected chi connectivity index (χ3v) is 5.86. The number of fused-ring (bicyclic) bond motifs is 1. The summed E-state index contributed by atoms with van der Waals surface area (Å²) in [6.45, 7) is 4.45. The molecule has 2 aromatic heterocycles. The van der Waals surface area contributed by atoms with Gasteiger partial charge in [0.05, 0.1) is 17.8 Å². The number of methoxy groups -OCH3 is 1.